The molecule has 0 unspecified atom stereocenters. The van der Waals surface area contributed by atoms with Gasteiger partial charge in [-0.1, -0.05) is 19.4 Å². The van der Waals surface area contributed by atoms with Crippen molar-refractivity contribution in [1.82, 2.24) is 14.7 Å². The first-order valence-corrected chi connectivity index (χ1v) is 9.56. The third kappa shape index (κ3) is 2.97. The predicted molar refractivity (Wildman–Crippen MR) is 95.8 cm³/mol. The molecule has 3 heterocycles. The Balaban J connectivity index is 1.80. The van der Waals surface area contributed by atoms with Gasteiger partial charge in [-0.2, -0.15) is 0 Å². The summed E-state index contributed by atoms with van der Waals surface area (Å²) in [4.78, 5) is 32.5. The van der Waals surface area contributed by atoms with Crippen LogP contribution in [0.1, 0.15) is 30.7 Å². The SMILES string of the molecule is CC[C@@H]1CN(C(=O)[C@@H]2CC(=O)N(C)[C@H]2c2cccs2)C[C@@H]1N(C)C. The molecule has 2 aliphatic heterocycles. The molecule has 0 saturated carbocycles. The van der Waals surface area contributed by atoms with E-state index in [2.05, 4.69) is 25.9 Å². The molecule has 132 valence electrons. The van der Waals surface area contributed by atoms with Crippen LogP contribution in [0.2, 0.25) is 0 Å². The van der Waals surface area contributed by atoms with E-state index < -0.39 is 0 Å². The highest BCUT2D eigenvalue weighted by Gasteiger charge is 2.46. The summed E-state index contributed by atoms with van der Waals surface area (Å²) in [6.07, 6.45) is 1.41. The Bertz CT molecular complexity index is 601. The first-order chi connectivity index (χ1) is 11.4. The van der Waals surface area contributed by atoms with Crippen LogP contribution in [0, 0.1) is 11.8 Å². The fourth-order valence-corrected chi connectivity index (χ4v) is 5.13. The first-order valence-electron chi connectivity index (χ1n) is 8.68. The molecule has 1 aromatic heterocycles. The third-order valence-corrected chi connectivity index (χ3v) is 6.59. The number of hydrogen-bond donors (Lipinski definition) is 0. The Morgan fingerprint density at radius 2 is 2.12 bits per heavy atom. The predicted octanol–water partition coefficient (Wildman–Crippen LogP) is 2.07. The number of nitrogens with zero attached hydrogens (tertiary/aromatic N) is 3. The largest absolute Gasteiger partial charge is 0.340 e. The van der Waals surface area contributed by atoms with E-state index in [9.17, 15) is 9.59 Å². The van der Waals surface area contributed by atoms with E-state index in [0.717, 1.165) is 24.4 Å². The number of likely N-dealkylation sites (tertiary alicyclic amines) is 2. The van der Waals surface area contributed by atoms with Crippen LogP contribution in [-0.4, -0.2) is 66.8 Å². The summed E-state index contributed by atoms with van der Waals surface area (Å²) in [6.45, 7) is 3.77. The van der Waals surface area contributed by atoms with Crippen molar-refractivity contribution in [3.05, 3.63) is 22.4 Å². The lowest BCUT2D eigenvalue weighted by Gasteiger charge is -2.27. The van der Waals surface area contributed by atoms with Gasteiger partial charge in [0.1, 0.15) is 0 Å². The standard InChI is InChI=1S/C18H27N3O2S/c1-5-12-10-21(11-14(12)19(2)3)18(23)13-9-16(22)20(4)17(13)15-7-6-8-24-15/h6-8,12-14,17H,5,9-11H2,1-4H3/t12-,13-,14+,17-/m1/s1. The average Bonchev–Trinajstić information content (AvgIpc) is 3.26. The Hall–Kier alpha value is -1.40. The van der Waals surface area contributed by atoms with Crippen molar-refractivity contribution in [2.24, 2.45) is 11.8 Å². The lowest BCUT2D eigenvalue weighted by molar-refractivity contribution is -0.135. The number of hydrogen-bond acceptors (Lipinski definition) is 4. The Kier molecular flexibility index (Phi) is 4.97. The van der Waals surface area contributed by atoms with E-state index in [4.69, 9.17) is 0 Å². The number of amides is 2. The van der Waals surface area contributed by atoms with Gasteiger partial charge in [-0.15, -0.1) is 11.3 Å². The monoisotopic (exact) mass is 349 g/mol. The molecule has 0 bridgehead atoms. The number of thiophene rings is 1. The molecule has 2 saturated heterocycles. The Morgan fingerprint density at radius 3 is 2.67 bits per heavy atom. The molecule has 4 atom stereocenters. The molecule has 3 rings (SSSR count). The van der Waals surface area contributed by atoms with Crippen LogP contribution in [0.5, 0.6) is 0 Å². The molecule has 2 fully saturated rings. The molecular weight excluding hydrogens is 322 g/mol. The van der Waals surface area contributed by atoms with Crippen molar-refractivity contribution in [1.29, 1.82) is 0 Å². The van der Waals surface area contributed by atoms with Crippen LogP contribution >= 0.6 is 11.3 Å². The normalized spacial score (nSPS) is 30.6. The van der Waals surface area contributed by atoms with Gasteiger partial charge < -0.3 is 14.7 Å². The van der Waals surface area contributed by atoms with Gasteiger partial charge in [0.25, 0.3) is 0 Å². The van der Waals surface area contributed by atoms with Crippen molar-refractivity contribution in [3.63, 3.8) is 0 Å². The lowest BCUT2D eigenvalue weighted by atomic mass is 9.97. The maximum absolute atomic E-state index is 13.2. The molecule has 5 nitrogen and oxygen atoms in total. The van der Waals surface area contributed by atoms with Crippen LogP contribution in [0.4, 0.5) is 0 Å². The maximum Gasteiger partial charge on any atom is 0.228 e. The summed E-state index contributed by atoms with van der Waals surface area (Å²) in [5.74, 6) is 0.481. The fourth-order valence-electron chi connectivity index (χ4n) is 4.19. The number of likely N-dealkylation sites (N-methyl/N-ethyl adjacent to an activating group) is 1. The van der Waals surface area contributed by atoms with Gasteiger partial charge in [0.05, 0.1) is 12.0 Å². The molecule has 0 aliphatic carbocycles. The highest BCUT2D eigenvalue weighted by molar-refractivity contribution is 7.10. The van der Waals surface area contributed by atoms with Crippen molar-refractivity contribution in [3.8, 4) is 0 Å². The molecule has 1 aromatic rings. The number of carbonyl (C=O) groups is 2. The zero-order valence-corrected chi connectivity index (χ0v) is 15.8. The quantitative estimate of drug-likeness (QED) is 0.836. The van der Waals surface area contributed by atoms with Crippen molar-refractivity contribution in [2.75, 3.05) is 34.2 Å². The second kappa shape index (κ2) is 6.84. The number of rotatable bonds is 4. The Labute approximate surface area is 148 Å². The smallest absolute Gasteiger partial charge is 0.228 e. The van der Waals surface area contributed by atoms with E-state index in [0.29, 0.717) is 18.4 Å². The second-order valence-corrected chi connectivity index (χ2v) is 8.20. The van der Waals surface area contributed by atoms with Gasteiger partial charge >= 0.3 is 0 Å². The summed E-state index contributed by atoms with van der Waals surface area (Å²) in [5.41, 5.74) is 0. The van der Waals surface area contributed by atoms with Crippen molar-refractivity contribution >= 4 is 23.2 Å². The molecular formula is C18H27N3O2S. The van der Waals surface area contributed by atoms with E-state index in [1.807, 2.05) is 29.5 Å². The molecule has 2 amide bonds. The van der Waals surface area contributed by atoms with E-state index in [1.165, 1.54) is 0 Å². The van der Waals surface area contributed by atoms with Gasteiger partial charge in [0, 0.05) is 37.5 Å². The molecule has 0 spiro atoms. The molecule has 0 aromatic carbocycles. The summed E-state index contributed by atoms with van der Waals surface area (Å²) >= 11 is 1.63. The van der Waals surface area contributed by atoms with Gasteiger partial charge in [-0.3, -0.25) is 9.59 Å². The minimum atomic E-state index is -0.250. The highest BCUT2D eigenvalue weighted by atomic mass is 32.1. The first kappa shape index (κ1) is 17.4. The summed E-state index contributed by atoms with van der Waals surface area (Å²) < 4.78 is 0. The summed E-state index contributed by atoms with van der Waals surface area (Å²) in [7, 11) is 5.99. The molecule has 0 N–H and O–H groups in total. The zero-order chi connectivity index (χ0) is 17.4. The fraction of sp³-hybridized carbons (Fsp3) is 0.667. The topological polar surface area (TPSA) is 43.9 Å². The molecule has 24 heavy (non-hydrogen) atoms. The van der Waals surface area contributed by atoms with Crippen LogP contribution in [0.3, 0.4) is 0 Å². The highest BCUT2D eigenvalue weighted by Crippen LogP contribution is 2.40. The van der Waals surface area contributed by atoms with Crippen LogP contribution in [-0.2, 0) is 9.59 Å². The molecule has 2 aliphatic rings. The Morgan fingerprint density at radius 1 is 1.38 bits per heavy atom. The van der Waals surface area contributed by atoms with E-state index >= 15 is 0 Å². The molecule has 0 radical (unpaired) electrons. The van der Waals surface area contributed by atoms with E-state index in [1.54, 1.807) is 16.2 Å². The lowest BCUT2D eigenvalue weighted by Crippen LogP contribution is -2.39. The van der Waals surface area contributed by atoms with Gasteiger partial charge in [-0.05, 0) is 31.5 Å². The van der Waals surface area contributed by atoms with Crippen molar-refractivity contribution < 1.29 is 9.59 Å². The van der Waals surface area contributed by atoms with E-state index in [-0.39, 0.29) is 23.8 Å². The zero-order valence-electron chi connectivity index (χ0n) is 14.9. The third-order valence-electron chi connectivity index (χ3n) is 5.64. The van der Waals surface area contributed by atoms with Gasteiger partial charge in [0.15, 0.2) is 0 Å². The van der Waals surface area contributed by atoms with Crippen molar-refractivity contribution in [2.45, 2.75) is 31.8 Å². The van der Waals surface area contributed by atoms with Gasteiger partial charge in [-0.25, -0.2) is 0 Å². The average molecular weight is 350 g/mol. The minimum absolute atomic E-state index is 0.0714. The van der Waals surface area contributed by atoms with Crippen LogP contribution < -0.4 is 0 Å². The minimum Gasteiger partial charge on any atom is -0.340 e. The summed E-state index contributed by atoms with van der Waals surface area (Å²) in [5, 5.41) is 2.01. The summed E-state index contributed by atoms with van der Waals surface area (Å²) in [6, 6.07) is 4.33. The van der Waals surface area contributed by atoms with Gasteiger partial charge in [0.2, 0.25) is 11.8 Å². The second-order valence-electron chi connectivity index (χ2n) is 7.22. The molecule has 6 heteroatoms. The maximum atomic E-state index is 13.2. The number of carbonyl (C=O) groups excluding carboxylic acids is 2. The van der Waals surface area contributed by atoms with Crippen LogP contribution in [0.25, 0.3) is 0 Å². The van der Waals surface area contributed by atoms with Crippen LogP contribution in [0.15, 0.2) is 17.5 Å².